The van der Waals surface area contributed by atoms with Gasteiger partial charge in [-0.3, -0.25) is 9.67 Å². The Balaban J connectivity index is 1.56. The third kappa shape index (κ3) is 2.50. The molecule has 0 saturated heterocycles. The Morgan fingerprint density at radius 2 is 1.68 bits per heavy atom. The summed E-state index contributed by atoms with van der Waals surface area (Å²) >= 11 is 5.53. The molecule has 1 aliphatic carbocycles. The lowest BCUT2D eigenvalue weighted by molar-refractivity contribution is 0.711. The Morgan fingerprint density at radius 3 is 2.52 bits per heavy atom. The summed E-state index contributed by atoms with van der Waals surface area (Å²) in [5, 5.41) is 9.98. The van der Waals surface area contributed by atoms with Gasteiger partial charge in [-0.25, -0.2) is 0 Å². The number of nitrogens with zero attached hydrogens (tertiary/aromatic N) is 2. The maximum absolute atomic E-state index is 5.53. The van der Waals surface area contributed by atoms with Gasteiger partial charge in [0.2, 0.25) is 0 Å². The van der Waals surface area contributed by atoms with Crippen molar-refractivity contribution in [2.24, 2.45) is 0 Å². The summed E-state index contributed by atoms with van der Waals surface area (Å²) in [6, 6.07) is 25.9. The molecule has 1 aliphatic rings. The summed E-state index contributed by atoms with van der Waals surface area (Å²) in [6.07, 6.45) is 1.11. The lowest BCUT2D eigenvalue weighted by Crippen LogP contribution is -2.00. The molecular formula is C21H17N3S. The third-order valence-corrected chi connectivity index (χ3v) is 5.32. The van der Waals surface area contributed by atoms with E-state index in [-0.39, 0.29) is 0 Å². The molecule has 0 unspecified atom stereocenters. The smallest absolute Gasteiger partial charge is 0.195 e. The minimum atomic E-state index is 0.384. The first kappa shape index (κ1) is 14.6. The maximum atomic E-state index is 5.53. The van der Waals surface area contributed by atoms with Crippen LogP contribution in [-0.2, 0) is 0 Å². The largest absolute Gasteiger partial charge is 0.296 e. The molecule has 4 aromatic rings. The predicted molar refractivity (Wildman–Crippen MR) is 103 cm³/mol. The van der Waals surface area contributed by atoms with E-state index in [2.05, 4.69) is 87.6 Å². The second kappa shape index (κ2) is 5.67. The van der Waals surface area contributed by atoms with Crippen LogP contribution in [-0.4, -0.2) is 14.8 Å². The number of fused-ring (bicyclic) bond motifs is 1. The Hall–Kier alpha value is -2.72. The molecule has 0 radical (unpaired) electrons. The first-order valence-electron chi connectivity index (χ1n) is 8.52. The highest BCUT2D eigenvalue weighted by atomic mass is 32.1. The highest BCUT2D eigenvalue weighted by Crippen LogP contribution is 2.52. The van der Waals surface area contributed by atoms with E-state index in [1.54, 1.807) is 0 Å². The van der Waals surface area contributed by atoms with Crippen molar-refractivity contribution in [2.45, 2.75) is 18.4 Å². The molecule has 1 heterocycles. The van der Waals surface area contributed by atoms with Gasteiger partial charge in [-0.05, 0) is 41.0 Å². The number of aromatic nitrogens is 3. The zero-order valence-electron chi connectivity index (χ0n) is 13.6. The van der Waals surface area contributed by atoms with Crippen LogP contribution in [0.3, 0.4) is 0 Å². The van der Waals surface area contributed by atoms with E-state index in [1.165, 1.54) is 16.3 Å². The number of nitrogens with one attached hydrogen (secondary N) is 1. The topological polar surface area (TPSA) is 33.6 Å². The molecule has 0 bridgehead atoms. The molecule has 122 valence electrons. The van der Waals surface area contributed by atoms with Crippen molar-refractivity contribution >= 4 is 23.0 Å². The first-order chi connectivity index (χ1) is 12.3. The Kier molecular flexibility index (Phi) is 3.31. The van der Waals surface area contributed by atoms with Crippen LogP contribution in [0.1, 0.15) is 23.9 Å². The predicted octanol–water partition coefficient (Wildman–Crippen LogP) is 5.49. The summed E-state index contributed by atoms with van der Waals surface area (Å²) in [5.74, 6) is 1.45. The molecule has 0 spiro atoms. The third-order valence-electron chi connectivity index (χ3n) is 5.03. The molecule has 1 saturated carbocycles. The number of H-pyrrole nitrogens is 1. The molecule has 3 aromatic carbocycles. The average molecular weight is 343 g/mol. The molecule has 25 heavy (non-hydrogen) atoms. The van der Waals surface area contributed by atoms with Crippen molar-refractivity contribution < 1.29 is 0 Å². The van der Waals surface area contributed by atoms with E-state index < -0.39 is 0 Å². The van der Waals surface area contributed by atoms with Gasteiger partial charge in [0.25, 0.3) is 0 Å². The van der Waals surface area contributed by atoms with Gasteiger partial charge < -0.3 is 0 Å². The fraction of sp³-hybridized carbons (Fsp3) is 0.143. The summed E-state index contributed by atoms with van der Waals surface area (Å²) in [7, 11) is 0. The Morgan fingerprint density at radius 1 is 0.920 bits per heavy atom. The molecule has 3 nitrogen and oxygen atoms in total. The van der Waals surface area contributed by atoms with Crippen molar-refractivity contribution in [3.05, 3.63) is 83.1 Å². The summed E-state index contributed by atoms with van der Waals surface area (Å²) < 4.78 is 2.89. The fourth-order valence-corrected chi connectivity index (χ4v) is 3.94. The highest BCUT2D eigenvalue weighted by molar-refractivity contribution is 7.71. The van der Waals surface area contributed by atoms with Crippen LogP contribution in [0.25, 0.3) is 22.2 Å². The lowest BCUT2D eigenvalue weighted by atomic mass is 10.1. The quantitative estimate of drug-likeness (QED) is 0.499. The van der Waals surface area contributed by atoms with Crippen LogP contribution in [0.4, 0.5) is 0 Å². The standard InChI is InChI=1S/C21H17N3S/c25-21-23-22-20(17-11-10-14-6-4-5-9-16(14)12-17)24(21)19-13-18(19)15-7-2-1-3-8-15/h1-12,18-19H,13H2,(H,23,25)/t18-,19+/m0/s1. The second-order valence-corrected chi connectivity index (χ2v) is 6.99. The van der Waals surface area contributed by atoms with Crippen LogP contribution >= 0.6 is 12.2 Å². The zero-order valence-corrected chi connectivity index (χ0v) is 14.4. The van der Waals surface area contributed by atoms with E-state index in [1.807, 2.05) is 0 Å². The van der Waals surface area contributed by atoms with Gasteiger partial charge in [0, 0.05) is 17.5 Å². The number of rotatable bonds is 3. The van der Waals surface area contributed by atoms with Gasteiger partial charge in [-0.2, -0.15) is 5.10 Å². The molecule has 1 fully saturated rings. The van der Waals surface area contributed by atoms with Gasteiger partial charge in [-0.15, -0.1) is 0 Å². The van der Waals surface area contributed by atoms with Crippen molar-refractivity contribution in [3.8, 4) is 11.4 Å². The minimum Gasteiger partial charge on any atom is -0.296 e. The van der Waals surface area contributed by atoms with E-state index in [9.17, 15) is 0 Å². The van der Waals surface area contributed by atoms with Gasteiger partial charge >= 0.3 is 0 Å². The molecule has 1 aromatic heterocycles. The highest BCUT2D eigenvalue weighted by Gasteiger charge is 2.41. The van der Waals surface area contributed by atoms with Gasteiger partial charge in [0.1, 0.15) is 0 Å². The first-order valence-corrected chi connectivity index (χ1v) is 8.93. The number of hydrogen-bond donors (Lipinski definition) is 1. The Labute approximate surface area is 151 Å². The van der Waals surface area contributed by atoms with Crippen molar-refractivity contribution in [3.63, 3.8) is 0 Å². The molecular weight excluding hydrogens is 326 g/mol. The second-order valence-electron chi connectivity index (χ2n) is 6.60. The van der Waals surface area contributed by atoms with Gasteiger partial charge in [0.15, 0.2) is 10.6 Å². The monoisotopic (exact) mass is 343 g/mol. The molecule has 1 N–H and O–H groups in total. The van der Waals surface area contributed by atoms with E-state index in [0.29, 0.717) is 16.7 Å². The van der Waals surface area contributed by atoms with Crippen LogP contribution in [0.2, 0.25) is 0 Å². The Bertz CT molecular complexity index is 1110. The van der Waals surface area contributed by atoms with E-state index >= 15 is 0 Å². The molecule has 4 heteroatoms. The van der Waals surface area contributed by atoms with Gasteiger partial charge in [0.05, 0.1) is 0 Å². The molecule has 5 rings (SSSR count). The number of hydrogen-bond acceptors (Lipinski definition) is 2. The van der Waals surface area contributed by atoms with Crippen LogP contribution in [0.15, 0.2) is 72.8 Å². The average Bonchev–Trinajstić information content (AvgIpc) is 3.36. The summed E-state index contributed by atoms with van der Waals surface area (Å²) in [4.78, 5) is 0. The fourth-order valence-electron chi connectivity index (χ4n) is 3.67. The van der Waals surface area contributed by atoms with Crippen molar-refractivity contribution in [1.29, 1.82) is 0 Å². The van der Waals surface area contributed by atoms with Crippen LogP contribution < -0.4 is 0 Å². The summed E-state index contributed by atoms with van der Waals surface area (Å²) in [6.45, 7) is 0. The van der Waals surface area contributed by atoms with E-state index in [4.69, 9.17) is 12.2 Å². The lowest BCUT2D eigenvalue weighted by Gasteiger charge is -2.08. The number of benzene rings is 3. The number of aromatic amines is 1. The van der Waals surface area contributed by atoms with Crippen LogP contribution in [0, 0.1) is 4.77 Å². The maximum Gasteiger partial charge on any atom is 0.195 e. The SMILES string of the molecule is S=c1[nH]nc(-c2ccc3ccccc3c2)n1[C@@H]1C[C@H]1c1ccccc1. The normalized spacial score (nSPS) is 19.2. The summed E-state index contributed by atoms with van der Waals surface area (Å²) in [5.41, 5.74) is 2.48. The molecule has 0 amide bonds. The van der Waals surface area contributed by atoms with Crippen molar-refractivity contribution in [2.75, 3.05) is 0 Å². The zero-order chi connectivity index (χ0) is 16.8. The molecule has 0 aliphatic heterocycles. The van der Waals surface area contributed by atoms with Gasteiger partial charge in [-0.1, -0.05) is 66.7 Å². The molecule has 2 atom stereocenters. The van der Waals surface area contributed by atoms with E-state index in [0.717, 1.165) is 17.8 Å². The van der Waals surface area contributed by atoms with Crippen LogP contribution in [0.5, 0.6) is 0 Å². The van der Waals surface area contributed by atoms with Crippen molar-refractivity contribution in [1.82, 2.24) is 14.8 Å². The minimum absolute atomic E-state index is 0.384.